The lowest BCUT2D eigenvalue weighted by Crippen LogP contribution is -2.21. The van der Waals surface area contributed by atoms with Crippen molar-refractivity contribution in [2.24, 2.45) is 0 Å². The summed E-state index contributed by atoms with van der Waals surface area (Å²) in [5.41, 5.74) is 11.8. The zero-order valence-corrected chi connectivity index (χ0v) is 22.2. The van der Waals surface area contributed by atoms with Crippen molar-refractivity contribution in [2.75, 3.05) is 4.90 Å². The van der Waals surface area contributed by atoms with E-state index in [1.54, 1.807) is 0 Å². The number of aromatic nitrogens is 1. The number of rotatable bonds is 7. The normalized spacial score (nSPS) is 13.2. The number of pyridine rings is 1. The molecule has 0 spiro atoms. The SMILES string of the molecule is CC(C)c1cccc(C(C)C)c1N(Cc1cccc(-c2cccc3c2CCCC3)n1)c1ccccc1. The van der Waals surface area contributed by atoms with Gasteiger partial charge in [0, 0.05) is 16.9 Å². The molecule has 0 radical (unpaired) electrons. The van der Waals surface area contributed by atoms with Crippen molar-refractivity contribution in [3.63, 3.8) is 0 Å². The Hall–Kier alpha value is -3.39. The van der Waals surface area contributed by atoms with Gasteiger partial charge in [-0.3, -0.25) is 4.98 Å². The zero-order chi connectivity index (χ0) is 25.1. The Morgan fingerprint density at radius 1 is 0.694 bits per heavy atom. The predicted molar refractivity (Wildman–Crippen MR) is 153 cm³/mol. The highest BCUT2D eigenvalue weighted by molar-refractivity contribution is 5.72. The molecular formula is C34H38N2. The third-order valence-corrected chi connectivity index (χ3v) is 7.48. The highest BCUT2D eigenvalue weighted by Gasteiger charge is 2.22. The molecule has 0 saturated heterocycles. The van der Waals surface area contributed by atoms with Crippen LogP contribution in [-0.4, -0.2) is 4.98 Å². The lowest BCUT2D eigenvalue weighted by Gasteiger charge is -2.32. The third kappa shape index (κ3) is 4.95. The summed E-state index contributed by atoms with van der Waals surface area (Å²) in [6.45, 7) is 9.91. The van der Waals surface area contributed by atoms with Gasteiger partial charge in [-0.15, -0.1) is 0 Å². The van der Waals surface area contributed by atoms with Gasteiger partial charge in [-0.1, -0.05) is 88.4 Å². The first-order valence-corrected chi connectivity index (χ1v) is 13.6. The Labute approximate surface area is 217 Å². The van der Waals surface area contributed by atoms with Crippen LogP contribution in [0.1, 0.15) is 80.3 Å². The van der Waals surface area contributed by atoms with Crippen molar-refractivity contribution in [1.82, 2.24) is 4.98 Å². The summed E-state index contributed by atoms with van der Waals surface area (Å²) in [6.07, 6.45) is 4.92. The highest BCUT2D eigenvalue weighted by atomic mass is 15.1. The second-order valence-corrected chi connectivity index (χ2v) is 10.7. The van der Waals surface area contributed by atoms with Gasteiger partial charge in [0.2, 0.25) is 0 Å². The molecule has 1 aliphatic carbocycles. The van der Waals surface area contributed by atoms with E-state index in [2.05, 4.69) is 118 Å². The summed E-state index contributed by atoms with van der Waals surface area (Å²) >= 11 is 0. The van der Waals surface area contributed by atoms with Gasteiger partial charge >= 0.3 is 0 Å². The van der Waals surface area contributed by atoms with Gasteiger partial charge in [0.1, 0.15) is 0 Å². The van der Waals surface area contributed by atoms with E-state index in [9.17, 15) is 0 Å². The molecule has 0 bridgehead atoms. The minimum Gasteiger partial charge on any atom is -0.335 e. The first-order valence-electron chi connectivity index (χ1n) is 13.6. The maximum Gasteiger partial charge on any atom is 0.0708 e. The van der Waals surface area contributed by atoms with Crippen LogP contribution < -0.4 is 4.90 Å². The van der Waals surface area contributed by atoms with E-state index in [4.69, 9.17) is 4.98 Å². The van der Waals surface area contributed by atoms with Gasteiger partial charge in [0.15, 0.2) is 0 Å². The van der Waals surface area contributed by atoms with Crippen LogP contribution in [-0.2, 0) is 19.4 Å². The Bertz CT molecular complexity index is 1290. The van der Waals surface area contributed by atoms with Crippen LogP contribution in [0, 0.1) is 0 Å². The molecule has 1 aromatic heterocycles. The molecule has 184 valence electrons. The number of fused-ring (bicyclic) bond motifs is 1. The monoisotopic (exact) mass is 474 g/mol. The van der Waals surface area contributed by atoms with Crippen molar-refractivity contribution in [3.8, 4) is 11.3 Å². The fraction of sp³-hybridized carbons (Fsp3) is 0.324. The second-order valence-electron chi connectivity index (χ2n) is 10.7. The van der Waals surface area contributed by atoms with Crippen LogP contribution in [0.2, 0.25) is 0 Å². The van der Waals surface area contributed by atoms with E-state index in [0.29, 0.717) is 11.8 Å². The van der Waals surface area contributed by atoms with Crippen molar-refractivity contribution >= 4 is 11.4 Å². The Kier molecular flexibility index (Phi) is 7.23. The first kappa shape index (κ1) is 24.3. The molecule has 0 atom stereocenters. The largest absolute Gasteiger partial charge is 0.335 e. The molecule has 0 fully saturated rings. The van der Waals surface area contributed by atoms with Gasteiger partial charge < -0.3 is 4.90 Å². The third-order valence-electron chi connectivity index (χ3n) is 7.48. The van der Waals surface area contributed by atoms with Crippen molar-refractivity contribution in [2.45, 2.75) is 71.8 Å². The van der Waals surface area contributed by atoms with Crippen LogP contribution >= 0.6 is 0 Å². The summed E-state index contributed by atoms with van der Waals surface area (Å²) < 4.78 is 0. The van der Waals surface area contributed by atoms with E-state index < -0.39 is 0 Å². The molecule has 2 nitrogen and oxygen atoms in total. The van der Waals surface area contributed by atoms with Crippen LogP contribution in [0.25, 0.3) is 11.3 Å². The summed E-state index contributed by atoms with van der Waals surface area (Å²) in [7, 11) is 0. The topological polar surface area (TPSA) is 16.1 Å². The first-order chi connectivity index (χ1) is 17.5. The average Bonchev–Trinajstić information content (AvgIpc) is 2.91. The molecule has 0 unspecified atom stereocenters. The number of hydrogen-bond donors (Lipinski definition) is 0. The van der Waals surface area contributed by atoms with Crippen LogP contribution in [0.4, 0.5) is 11.4 Å². The molecule has 36 heavy (non-hydrogen) atoms. The molecule has 3 aromatic carbocycles. The van der Waals surface area contributed by atoms with Gasteiger partial charge in [-0.25, -0.2) is 0 Å². The lowest BCUT2D eigenvalue weighted by atomic mass is 9.87. The van der Waals surface area contributed by atoms with Crippen molar-refractivity contribution < 1.29 is 0 Å². The summed E-state index contributed by atoms with van der Waals surface area (Å²) in [6, 6.07) is 30.9. The van der Waals surface area contributed by atoms with Gasteiger partial charge in [0.05, 0.1) is 17.9 Å². The second kappa shape index (κ2) is 10.7. The Morgan fingerprint density at radius 3 is 2.08 bits per heavy atom. The number of nitrogens with zero attached hydrogens (tertiary/aromatic N) is 2. The molecule has 2 heteroatoms. The molecule has 0 amide bonds. The number of anilines is 2. The number of hydrogen-bond acceptors (Lipinski definition) is 2. The quantitative estimate of drug-likeness (QED) is 0.265. The number of para-hydroxylation sites is 2. The average molecular weight is 475 g/mol. The van der Waals surface area contributed by atoms with E-state index in [-0.39, 0.29) is 0 Å². The van der Waals surface area contributed by atoms with E-state index in [0.717, 1.165) is 24.4 Å². The van der Waals surface area contributed by atoms with Crippen LogP contribution in [0.5, 0.6) is 0 Å². The summed E-state index contributed by atoms with van der Waals surface area (Å²) in [5.74, 6) is 0.861. The smallest absolute Gasteiger partial charge is 0.0708 e. The fourth-order valence-electron chi connectivity index (χ4n) is 5.63. The molecule has 5 rings (SSSR count). The van der Waals surface area contributed by atoms with E-state index >= 15 is 0 Å². The van der Waals surface area contributed by atoms with Gasteiger partial charge in [0.25, 0.3) is 0 Å². The summed E-state index contributed by atoms with van der Waals surface area (Å²) in [4.78, 5) is 7.73. The predicted octanol–water partition coefficient (Wildman–Crippen LogP) is 9.21. The highest BCUT2D eigenvalue weighted by Crippen LogP contribution is 2.40. The minimum absolute atomic E-state index is 0.431. The molecule has 4 aromatic rings. The zero-order valence-electron chi connectivity index (χ0n) is 22.2. The van der Waals surface area contributed by atoms with Gasteiger partial charge in [-0.05, 0) is 84.0 Å². The number of aryl methyl sites for hydroxylation is 1. The lowest BCUT2D eigenvalue weighted by molar-refractivity contribution is 0.686. The molecule has 0 saturated carbocycles. The molecular weight excluding hydrogens is 436 g/mol. The number of benzene rings is 3. The molecule has 0 aliphatic heterocycles. The van der Waals surface area contributed by atoms with E-state index in [1.807, 2.05) is 0 Å². The minimum atomic E-state index is 0.431. The summed E-state index contributed by atoms with van der Waals surface area (Å²) in [5, 5.41) is 0. The maximum atomic E-state index is 5.25. The molecule has 1 heterocycles. The standard InChI is InChI=1S/C34H38N2/c1-24(2)29-19-12-20-30(25(3)4)34(29)36(28-16-6-5-7-17-28)23-27-15-11-22-33(35-27)32-21-10-14-26-13-8-9-18-31(26)32/h5-7,10-12,14-17,19-22,24-25H,8-9,13,18,23H2,1-4H3. The van der Waals surface area contributed by atoms with Gasteiger partial charge in [-0.2, -0.15) is 0 Å². The molecule has 1 aliphatic rings. The van der Waals surface area contributed by atoms with Crippen molar-refractivity contribution in [1.29, 1.82) is 0 Å². The van der Waals surface area contributed by atoms with Crippen LogP contribution in [0.3, 0.4) is 0 Å². The fourth-order valence-corrected chi connectivity index (χ4v) is 5.63. The van der Waals surface area contributed by atoms with E-state index in [1.165, 1.54) is 58.5 Å². The van der Waals surface area contributed by atoms with Crippen molar-refractivity contribution in [3.05, 3.63) is 113 Å². The Balaban J connectivity index is 1.60. The molecule has 0 N–H and O–H groups in total. The maximum absolute atomic E-state index is 5.25. The van der Waals surface area contributed by atoms with Crippen LogP contribution in [0.15, 0.2) is 84.9 Å². The Morgan fingerprint density at radius 2 is 1.36 bits per heavy atom.